The molecule has 2 unspecified atom stereocenters. The van der Waals surface area contributed by atoms with E-state index in [1.54, 1.807) is 0 Å². The van der Waals surface area contributed by atoms with Gasteiger partial charge in [0.2, 0.25) is 0 Å². The molecule has 0 heterocycles. The normalized spacial score (nSPS) is 31.3. The van der Waals surface area contributed by atoms with Gasteiger partial charge in [0, 0.05) is 5.92 Å². The maximum Gasteiger partial charge on any atom is 0.00128 e. The Morgan fingerprint density at radius 3 is 3.00 bits per heavy atom. The van der Waals surface area contributed by atoms with E-state index >= 15 is 0 Å². The fourth-order valence-electron chi connectivity index (χ4n) is 2.12. The number of rotatable bonds is 0. The number of halogens is 1. The molecule has 0 saturated heterocycles. The Balaban J connectivity index is 0.000000845. The van der Waals surface area contributed by atoms with E-state index in [1.807, 2.05) is 0 Å². The fourth-order valence-corrected chi connectivity index (χ4v) is 2.12. The van der Waals surface area contributed by atoms with Crippen LogP contribution in [-0.2, 0) is 0 Å². The quantitative estimate of drug-likeness (QED) is 0.465. The van der Waals surface area contributed by atoms with Crippen molar-refractivity contribution in [2.45, 2.75) is 26.2 Å². The Morgan fingerprint density at radius 2 is 2.15 bits per heavy atom. The summed E-state index contributed by atoms with van der Waals surface area (Å²) in [6, 6.07) is 0. The Morgan fingerprint density at radius 1 is 1.31 bits per heavy atom. The van der Waals surface area contributed by atoms with Gasteiger partial charge in [0.15, 0.2) is 0 Å². The van der Waals surface area contributed by atoms with Crippen molar-refractivity contribution in [1.29, 1.82) is 0 Å². The van der Waals surface area contributed by atoms with Gasteiger partial charge in [-0.2, -0.15) is 0 Å². The molecule has 0 N–H and O–H groups in total. The van der Waals surface area contributed by atoms with Crippen molar-refractivity contribution < 1.29 is 0 Å². The number of hydrogen-bond donors (Lipinski definition) is 0. The first-order chi connectivity index (χ1) is 5.86. The van der Waals surface area contributed by atoms with Crippen LogP contribution in [0.3, 0.4) is 0 Å². The highest BCUT2D eigenvalue weighted by Gasteiger charge is 2.18. The Hall–Kier alpha value is -0.0500. The summed E-state index contributed by atoms with van der Waals surface area (Å²) < 4.78 is 0. The summed E-state index contributed by atoms with van der Waals surface area (Å²) in [6.45, 7) is 2.20. The smallest absolute Gasteiger partial charge is 0.00128 e. The maximum atomic E-state index is 2.43. The molecule has 0 nitrogen and oxygen atoms in total. The second kappa shape index (κ2) is 4.99. The SMILES string of the molecule is CC1=CC2CCCC=CC2C=C1.I. The first kappa shape index (κ1) is 11.0. The van der Waals surface area contributed by atoms with Crippen molar-refractivity contribution in [2.75, 3.05) is 0 Å². The number of allylic oxidation sites excluding steroid dienone is 6. The second-order valence-electron chi connectivity index (χ2n) is 3.87. The van der Waals surface area contributed by atoms with Crippen LogP contribution in [0.15, 0.2) is 36.0 Å². The molecule has 0 radical (unpaired) electrons. The highest BCUT2D eigenvalue weighted by molar-refractivity contribution is 14.0. The Kier molecular flexibility index (Phi) is 4.23. The largest absolute Gasteiger partial charge is 0.107 e. The first-order valence-corrected chi connectivity index (χ1v) is 4.89. The molecule has 1 heteroatoms. The lowest BCUT2D eigenvalue weighted by atomic mass is 9.84. The van der Waals surface area contributed by atoms with Gasteiger partial charge in [-0.15, -0.1) is 24.0 Å². The van der Waals surface area contributed by atoms with E-state index in [2.05, 4.69) is 37.3 Å². The molecule has 2 aliphatic carbocycles. The first-order valence-electron chi connectivity index (χ1n) is 4.89. The van der Waals surface area contributed by atoms with E-state index in [-0.39, 0.29) is 24.0 Å². The van der Waals surface area contributed by atoms with E-state index in [1.165, 1.54) is 24.8 Å². The molecule has 0 aliphatic heterocycles. The summed E-state index contributed by atoms with van der Waals surface area (Å²) in [4.78, 5) is 0. The molecular weight excluding hydrogens is 271 g/mol. The van der Waals surface area contributed by atoms with Crippen molar-refractivity contribution in [1.82, 2.24) is 0 Å². The van der Waals surface area contributed by atoms with Crippen molar-refractivity contribution >= 4 is 24.0 Å². The van der Waals surface area contributed by atoms with Crippen molar-refractivity contribution in [3.63, 3.8) is 0 Å². The van der Waals surface area contributed by atoms with E-state index in [0.29, 0.717) is 5.92 Å². The molecule has 2 atom stereocenters. The molecule has 0 spiro atoms. The molecule has 0 bridgehead atoms. The van der Waals surface area contributed by atoms with Gasteiger partial charge >= 0.3 is 0 Å². The van der Waals surface area contributed by atoms with Crippen molar-refractivity contribution in [2.24, 2.45) is 11.8 Å². The average molecular weight is 288 g/mol. The molecule has 0 aromatic heterocycles. The van der Waals surface area contributed by atoms with Gasteiger partial charge in [0.05, 0.1) is 0 Å². The van der Waals surface area contributed by atoms with Gasteiger partial charge in [-0.05, 0) is 32.1 Å². The maximum absolute atomic E-state index is 2.43. The summed E-state index contributed by atoms with van der Waals surface area (Å²) in [5.74, 6) is 1.48. The van der Waals surface area contributed by atoms with E-state index in [4.69, 9.17) is 0 Å². The van der Waals surface area contributed by atoms with Crippen LogP contribution in [0.25, 0.3) is 0 Å². The van der Waals surface area contributed by atoms with Gasteiger partial charge in [0.25, 0.3) is 0 Å². The summed E-state index contributed by atoms with van der Waals surface area (Å²) in [6.07, 6.45) is 15.7. The van der Waals surface area contributed by atoms with Crippen LogP contribution in [0, 0.1) is 11.8 Å². The van der Waals surface area contributed by atoms with E-state index in [0.717, 1.165) is 5.92 Å². The van der Waals surface area contributed by atoms with Gasteiger partial charge in [-0.25, -0.2) is 0 Å². The minimum Gasteiger partial charge on any atom is -0.107 e. The van der Waals surface area contributed by atoms with Gasteiger partial charge in [-0.1, -0.05) is 36.0 Å². The highest BCUT2D eigenvalue weighted by atomic mass is 127. The zero-order chi connectivity index (χ0) is 8.39. The molecule has 2 aliphatic rings. The molecule has 2 rings (SSSR count). The summed E-state index contributed by atoms with van der Waals surface area (Å²) in [5.41, 5.74) is 1.44. The van der Waals surface area contributed by atoms with Gasteiger partial charge in [0.1, 0.15) is 0 Å². The lowest BCUT2D eigenvalue weighted by Crippen LogP contribution is -2.10. The topological polar surface area (TPSA) is 0 Å². The third-order valence-corrected chi connectivity index (χ3v) is 2.82. The zero-order valence-corrected chi connectivity index (χ0v) is 10.4. The molecule has 0 saturated carbocycles. The van der Waals surface area contributed by atoms with Gasteiger partial charge in [-0.3, -0.25) is 0 Å². The molecule has 0 aromatic rings. The third kappa shape index (κ3) is 2.70. The molecule has 0 fully saturated rings. The van der Waals surface area contributed by atoms with Crippen LogP contribution in [0.5, 0.6) is 0 Å². The summed E-state index contributed by atoms with van der Waals surface area (Å²) in [5, 5.41) is 0. The Labute approximate surface area is 97.8 Å². The predicted octanol–water partition coefficient (Wildman–Crippen LogP) is 4.09. The van der Waals surface area contributed by atoms with E-state index < -0.39 is 0 Å². The third-order valence-electron chi connectivity index (χ3n) is 2.82. The van der Waals surface area contributed by atoms with Crippen LogP contribution in [-0.4, -0.2) is 0 Å². The molecule has 0 aromatic carbocycles. The minimum atomic E-state index is 0. The van der Waals surface area contributed by atoms with Crippen molar-refractivity contribution in [3.8, 4) is 0 Å². The highest BCUT2D eigenvalue weighted by Crippen LogP contribution is 2.30. The standard InChI is InChI=1S/C12H16.HI/c1-10-7-8-11-5-3-2-4-6-12(11)9-10;/h3,5,7-9,11-12H,2,4,6H2,1H3;1H. The van der Waals surface area contributed by atoms with Crippen molar-refractivity contribution in [3.05, 3.63) is 36.0 Å². The Bertz CT molecular complexity index is 248. The van der Waals surface area contributed by atoms with Crippen LogP contribution in [0.4, 0.5) is 0 Å². The minimum absolute atomic E-state index is 0. The van der Waals surface area contributed by atoms with Crippen LogP contribution in [0.1, 0.15) is 26.2 Å². The lowest BCUT2D eigenvalue weighted by molar-refractivity contribution is 0.503. The molecule has 0 amide bonds. The molecular formula is C12H17I. The van der Waals surface area contributed by atoms with Crippen LogP contribution < -0.4 is 0 Å². The number of fused-ring (bicyclic) bond motifs is 1. The molecule has 13 heavy (non-hydrogen) atoms. The zero-order valence-electron chi connectivity index (χ0n) is 8.07. The fraction of sp³-hybridized carbons (Fsp3) is 0.500. The van der Waals surface area contributed by atoms with Crippen LogP contribution >= 0.6 is 24.0 Å². The summed E-state index contributed by atoms with van der Waals surface area (Å²) >= 11 is 0. The number of hydrogen-bond acceptors (Lipinski definition) is 0. The summed E-state index contributed by atoms with van der Waals surface area (Å²) in [7, 11) is 0. The molecule has 72 valence electrons. The monoisotopic (exact) mass is 288 g/mol. The average Bonchev–Trinajstić information content (AvgIpc) is 2.28. The van der Waals surface area contributed by atoms with Gasteiger partial charge < -0.3 is 0 Å². The lowest BCUT2D eigenvalue weighted by Gasteiger charge is -2.21. The second-order valence-corrected chi connectivity index (χ2v) is 3.87. The predicted molar refractivity (Wildman–Crippen MR) is 68.3 cm³/mol. The van der Waals surface area contributed by atoms with E-state index in [9.17, 15) is 0 Å². The van der Waals surface area contributed by atoms with Crippen LogP contribution in [0.2, 0.25) is 0 Å².